The van der Waals surface area contributed by atoms with Gasteiger partial charge in [0.2, 0.25) is 0 Å². The summed E-state index contributed by atoms with van der Waals surface area (Å²) in [5.74, 6) is 0.806. The van der Waals surface area contributed by atoms with E-state index in [2.05, 4.69) is 56.2 Å². The zero-order valence-corrected chi connectivity index (χ0v) is 18.5. The molecule has 1 N–H and O–H groups in total. The smallest absolute Gasteiger partial charge is 0.410 e. The number of halogens is 1. The number of carbonyl (C=O) groups excluding carboxylic acids is 1. The van der Waals surface area contributed by atoms with Gasteiger partial charge in [-0.2, -0.15) is 0 Å². The normalized spacial score (nSPS) is 16.0. The molecule has 1 aromatic heterocycles. The van der Waals surface area contributed by atoms with Crippen molar-refractivity contribution in [2.24, 2.45) is 0 Å². The van der Waals surface area contributed by atoms with E-state index in [1.165, 1.54) is 10.8 Å². The molecule has 0 bridgehead atoms. The number of aromatic nitrogens is 2. The quantitative estimate of drug-likeness (QED) is 0.368. The predicted molar refractivity (Wildman–Crippen MR) is 125 cm³/mol. The summed E-state index contributed by atoms with van der Waals surface area (Å²) < 4.78 is 6.62. The molecule has 5 nitrogen and oxygen atoms in total. The molecule has 1 aliphatic heterocycles. The Morgan fingerprint density at radius 3 is 2.77 bits per heavy atom. The Hall–Kier alpha value is -3.12. The third kappa shape index (κ3) is 4.21. The van der Waals surface area contributed by atoms with Gasteiger partial charge < -0.3 is 9.72 Å². The van der Waals surface area contributed by atoms with E-state index in [9.17, 15) is 4.79 Å². The molecule has 1 fully saturated rings. The van der Waals surface area contributed by atoms with Gasteiger partial charge in [-0.3, -0.25) is 4.90 Å². The van der Waals surface area contributed by atoms with Crippen LogP contribution < -0.4 is 0 Å². The Kier molecular flexibility index (Phi) is 5.47. The maximum atomic E-state index is 12.7. The Labute approximate surface area is 189 Å². The van der Waals surface area contributed by atoms with Crippen LogP contribution in [0.25, 0.3) is 22.0 Å². The van der Waals surface area contributed by atoms with Crippen molar-refractivity contribution in [2.45, 2.75) is 25.5 Å². The van der Waals surface area contributed by atoms with Gasteiger partial charge in [0.1, 0.15) is 12.4 Å². The van der Waals surface area contributed by atoms with Crippen LogP contribution in [0, 0.1) is 0 Å². The number of hydrogen-bond acceptors (Lipinski definition) is 3. The lowest BCUT2D eigenvalue weighted by molar-refractivity contribution is 0.0910. The number of rotatable bonds is 4. The van der Waals surface area contributed by atoms with Gasteiger partial charge in [0.25, 0.3) is 0 Å². The minimum atomic E-state index is -0.291. The first-order valence-corrected chi connectivity index (χ1v) is 11.2. The van der Waals surface area contributed by atoms with Gasteiger partial charge in [0, 0.05) is 16.6 Å². The summed E-state index contributed by atoms with van der Waals surface area (Å²) in [5, 5.41) is 2.35. The molecule has 2 heterocycles. The number of H-pyrrole nitrogens is 1. The van der Waals surface area contributed by atoms with Gasteiger partial charge in [-0.15, -0.1) is 0 Å². The van der Waals surface area contributed by atoms with Gasteiger partial charge in [-0.05, 0) is 47.4 Å². The number of fused-ring (bicyclic) bond motifs is 1. The van der Waals surface area contributed by atoms with E-state index in [1.54, 1.807) is 4.90 Å². The van der Waals surface area contributed by atoms with Crippen molar-refractivity contribution in [3.63, 3.8) is 0 Å². The van der Waals surface area contributed by atoms with Crippen LogP contribution in [0.5, 0.6) is 0 Å². The highest BCUT2D eigenvalue weighted by Crippen LogP contribution is 2.33. The summed E-state index contributed by atoms with van der Waals surface area (Å²) in [7, 11) is 0. The van der Waals surface area contributed by atoms with Crippen molar-refractivity contribution < 1.29 is 9.53 Å². The number of carbonyl (C=O) groups is 1. The number of imidazole rings is 1. The summed E-state index contributed by atoms with van der Waals surface area (Å²) in [5.41, 5.74) is 3.00. The fourth-order valence-corrected chi connectivity index (χ4v) is 4.49. The van der Waals surface area contributed by atoms with E-state index in [-0.39, 0.29) is 18.7 Å². The molecule has 1 aliphatic rings. The third-order valence-corrected chi connectivity index (χ3v) is 6.21. The average Bonchev–Trinajstić information content (AvgIpc) is 3.47. The maximum absolute atomic E-state index is 12.7. The molecule has 0 aliphatic carbocycles. The van der Waals surface area contributed by atoms with Crippen molar-refractivity contribution in [3.05, 3.63) is 88.8 Å². The summed E-state index contributed by atoms with van der Waals surface area (Å²) in [4.78, 5) is 22.5. The van der Waals surface area contributed by atoms with Gasteiger partial charge in [0.05, 0.1) is 17.9 Å². The molecule has 1 atom stereocenters. The highest BCUT2D eigenvalue weighted by Gasteiger charge is 2.33. The molecule has 0 spiro atoms. The number of ether oxygens (including phenoxy) is 1. The second kappa shape index (κ2) is 8.55. The van der Waals surface area contributed by atoms with Gasteiger partial charge >= 0.3 is 6.09 Å². The number of likely N-dealkylation sites (tertiary alicyclic amines) is 1. The lowest BCUT2D eigenvalue weighted by Gasteiger charge is -2.22. The molecule has 6 heteroatoms. The number of amides is 1. The van der Waals surface area contributed by atoms with Crippen LogP contribution in [0.1, 0.15) is 30.3 Å². The van der Waals surface area contributed by atoms with E-state index in [0.29, 0.717) is 6.54 Å². The maximum Gasteiger partial charge on any atom is 0.410 e. The minimum Gasteiger partial charge on any atom is -0.445 e. The first-order valence-electron chi connectivity index (χ1n) is 10.4. The zero-order valence-electron chi connectivity index (χ0n) is 16.9. The van der Waals surface area contributed by atoms with Gasteiger partial charge in [0.15, 0.2) is 0 Å². The first-order chi connectivity index (χ1) is 15.2. The third-order valence-electron chi connectivity index (χ3n) is 5.72. The van der Waals surface area contributed by atoms with Crippen molar-refractivity contribution in [1.82, 2.24) is 14.9 Å². The van der Waals surface area contributed by atoms with Gasteiger partial charge in [-0.25, -0.2) is 9.78 Å². The molecule has 1 unspecified atom stereocenters. The molecule has 1 saturated heterocycles. The first kappa shape index (κ1) is 19.8. The molecular formula is C25H22BrN3O2. The molecule has 5 rings (SSSR count). The number of nitrogens with one attached hydrogen (secondary N) is 1. The van der Waals surface area contributed by atoms with Crippen molar-refractivity contribution in [3.8, 4) is 11.3 Å². The summed E-state index contributed by atoms with van der Waals surface area (Å²) in [6.07, 6.45) is 3.37. The summed E-state index contributed by atoms with van der Waals surface area (Å²) in [6.45, 7) is 0.957. The predicted octanol–water partition coefficient (Wildman–Crippen LogP) is 6.47. The second-order valence-electron chi connectivity index (χ2n) is 7.78. The largest absolute Gasteiger partial charge is 0.445 e. The summed E-state index contributed by atoms with van der Waals surface area (Å²) in [6, 6.07) is 22.3. The highest BCUT2D eigenvalue weighted by molar-refractivity contribution is 9.10. The van der Waals surface area contributed by atoms with Crippen LogP contribution in [-0.4, -0.2) is 27.5 Å². The number of aromatic amines is 1. The standard InChI is InChI=1S/C25H22BrN3O2/c26-21-11-10-18-13-20(9-8-19(18)14-21)22-15-27-24(28-22)23-7-4-12-29(23)25(30)31-16-17-5-2-1-3-6-17/h1-3,5-6,8-11,13-15,23H,4,7,12,16H2,(H,27,28). The number of nitrogens with zero attached hydrogens (tertiary/aromatic N) is 2. The van der Waals surface area contributed by atoms with Gasteiger partial charge in [-0.1, -0.05) is 64.5 Å². The molecule has 3 aromatic carbocycles. The van der Waals surface area contributed by atoms with Crippen LogP contribution in [-0.2, 0) is 11.3 Å². The van der Waals surface area contributed by atoms with Crippen LogP contribution >= 0.6 is 15.9 Å². The highest BCUT2D eigenvalue weighted by atomic mass is 79.9. The van der Waals surface area contributed by atoms with Crippen LogP contribution in [0.3, 0.4) is 0 Å². The zero-order chi connectivity index (χ0) is 21.2. The Morgan fingerprint density at radius 1 is 1.10 bits per heavy atom. The number of benzene rings is 3. The minimum absolute atomic E-state index is 0.0894. The van der Waals surface area contributed by atoms with Crippen LogP contribution in [0.2, 0.25) is 0 Å². The fourth-order valence-electron chi connectivity index (χ4n) is 4.11. The molecule has 0 radical (unpaired) electrons. The number of hydrogen-bond donors (Lipinski definition) is 1. The van der Waals surface area contributed by atoms with Crippen molar-refractivity contribution in [1.29, 1.82) is 0 Å². The molecule has 4 aromatic rings. The van der Waals surface area contributed by atoms with E-state index >= 15 is 0 Å². The average molecular weight is 476 g/mol. The topological polar surface area (TPSA) is 58.2 Å². The van der Waals surface area contributed by atoms with E-state index in [1.807, 2.05) is 42.6 Å². The SMILES string of the molecule is O=C(OCc1ccccc1)N1CCCC1c1ncc(-c2ccc3cc(Br)ccc3c2)[nH]1. The Bertz CT molecular complexity index is 1220. The fraction of sp³-hybridized carbons (Fsp3) is 0.200. The van der Waals surface area contributed by atoms with E-state index in [0.717, 1.165) is 40.0 Å². The van der Waals surface area contributed by atoms with Crippen molar-refractivity contribution >= 4 is 32.8 Å². The lowest BCUT2D eigenvalue weighted by atomic mass is 10.1. The Morgan fingerprint density at radius 2 is 1.90 bits per heavy atom. The van der Waals surface area contributed by atoms with E-state index < -0.39 is 0 Å². The summed E-state index contributed by atoms with van der Waals surface area (Å²) >= 11 is 3.52. The molecule has 31 heavy (non-hydrogen) atoms. The molecule has 0 saturated carbocycles. The van der Waals surface area contributed by atoms with Crippen molar-refractivity contribution in [2.75, 3.05) is 6.54 Å². The van der Waals surface area contributed by atoms with Crippen LogP contribution in [0.4, 0.5) is 4.79 Å². The molecule has 156 valence electrons. The Balaban J connectivity index is 1.32. The van der Waals surface area contributed by atoms with E-state index in [4.69, 9.17) is 4.74 Å². The molecular weight excluding hydrogens is 454 g/mol. The monoisotopic (exact) mass is 475 g/mol. The second-order valence-corrected chi connectivity index (χ2v) is 8.70. The lowest BCUT2D eigenvalue weighted by Crippen LogP contribution is -2.31. The molecule has 1 amide bonds. The van der Waals surface area contributed by atoms with Crippen LogP contribution in [0.15, 0.2) is 77.4 Å².